The minimum absolute atomic E-state index is 0.565. The van der Waals surface area contributed by atoms with E-state index in [2.05, 4.69) is 52.7 Å². The molecule has 96 valence electrons. The second kappa shape index (κ2) is 5.66. The van der Waals surface area contributed by atoms with Gasteiger partial charge in [0.15, 0.2) is 0 Å². The zero-order valence-electron chi connectivity index (χ0n) is 9.81. The lowest BCUT2D eigenvalue weighted by Crippen LogP contribution is -2.07. The molecule has 0 saturated heterocycles. The van der Waals surface area contributed by atoms with Crippen molar-refractivity contribution in [1.82, 2.24) is 20.2 Å². The van der Waals surface area contributed by atoms with E-state index in [0.717, 1.165) is 20.3 Å². The van der Waals surface area contributed by atoms with Crippen molar-refractivity contribution >= 4 is 37.8 Å². The van der Waals surface area contributed by atoms with Crippen molar-refractivity contribution in [3.8, 4) is 5.75 Å². The molecule has 0 fully saturated rings. The molecule has 1 aromatic carbocycles. The molecule has 1 aromatic heterocycles. The topological polar surface area (TPSA) is 64.9 Å². The molecule has 0 spiro atoms. The van der Waals surface area contributed by atoms with Gasteiger partial charge in [-0.3, -0.25) is 0 Å². The van der Waals surface area contributed by atoms with Gasteiger partial charge in [0.1, 0.15) is 5.75 Å². The Hall–Kier alpha value is -1.15. The van der Waals surface area contributed by atoms with Crippen LogP contribution in [0.15, 0.2) is 21.1 Å². The van der Waals surface area contributed by atoms with Crippen LogP contribution in [0.1, 0.15) is 5.56 Å². The first-order chi connectivity index (χ1) is 8.61. The van der Waals surface area contributed by atoms with Crippen molar-refractivity contribution in [1.29, 1.82) is 0 Å². The zero-order valence-corrected chi connectivity index (χ0v) is 13.0. The maximum absolute atomic E-state index is 5.37. The first-order valence-corrected chi connectivity index (χ1v) is 6.68. The number of hydrogen-bond acceptors (Lipinski definition) is 5. The molecule has 0 saturated carbocycles. The van der Waals surface area contributed by atoms with E-state index in [-0.39, 0.29) is 0 Å². The van der Waals surface area contributed by atoms with E-state index in [0.29, 0.717) is 12.5 Å². The summed E-state index contributed by atoms with van der Waals surface area (Å²) in [6, 6.07) is 3.92. The van der Waals surface area contributed by atoms with Crippen molar-refractivity contribution in [3.63, 3.8) is 0 Å². The lowest BCUT2D eigenvalue weighted by atomic mass is 10.2. The number of aromatic nitrogens is 4. The van der Waals surface area contributed by atoms with Crippen LogP contribution >= 0.6 is 31.9 Å². The van der Waals surface area contributed by atoms with Gasteiger partial charge in [0.2, 0.25) is 5.95 Å². The van der Waals surface area contributed by atoms with E-state index in [1.807, 2.05) is 12.1 Å². The summed E-state index contributed by atoms with van der Waals surface area (Å²) in [5, 5.41) is 14.3. The van der Waals surface area contributed by atoms with Crippen molar-refractivity contribution in [3.05, 3.63) is 26.6 Å². The first kappa shape index (κ1) is 13.3. The van der Waals surface area contributed by atoms with Gasteiger partial charge in [-0.1, -0.05) is 21.0 Å². The third-order valence-corrected chi connectivity index (χ3v) is 3.39. The number of aryl methyl sites for hydroxylation is 1. The number of nitrogens with zero attached hydrogens (tertiary/aromatic N) is 4. The monoisotopic (exact) mass is 375 g/mol. The summed E-state index contributed by atoms with van der Waals surface area (Å²) >= 11 is 6.91. The molecule has 0 bridgehead atoms. The van der Waals surface area contributed by atoms with Crippen LogP contribution in [0.3, 0.4) is 0 Å². The highest BCUT2D eigenvalue weighted by Gasteiger charge is 2.10. The lowest BCUT2D eigenvalue weighted by Gasteiger charge is -2.12. The largest absolute Gasteiger partial charge is 0.495 e. The standard InChI is InChI=1S/C10H11Br2N5O/c1-17-10(14-15-16-17)13-5-6-3-7(11)4-8(12)9(6)18-2/h3-4H,5H2,1-2H3,(H,13,14,16). The fourth-order valence-corrected chi connectivity index (χ4v) is 3.00. The van der Waals surface area contributed by atoms with Crippen LogP contribution in [0.5, 0.6) is 5.75 Å². The molecule has 0 aliphatic rings. The number of anilines is 1. The SMILES string of the molecule is COc1c(Br)cc(Br)cc1CNc1nnnn1C. The average molecular weight is 377 g/mol. The maximum atomic E-state index is 5.37. The van der Waals surface area contributed by atoms with Crippen LogP contribution in [0.4, 0.5) is 5.95 Å². The molecule has 0 radical (unpaired) electrons. The third kappa shape index (κ3) is 2.81. The van der Waals surface area contributed by atoms with Gasteiger partial charge < -0.3 is 10.1 Å². The van der Waals surface area contributed by atoms with Crippen LogP contribution in [-0.4, -0.2) is 27.3 Å². The van der Waals surface area contributed by atoms with E-state index in [9.17, 15) is 0 Å². The van der Waals surface area contributed by atoms with E-state index < -0.39 is 0 Å². The predicted octanol–water partition coefficient (Wildman–Crippen LogP) is 2.36. The van der Waals surface area contributed by atoms with E-state index in [1.54, 1.807) is 18.8 Å². The van der Waals surface area contributed by atoms with Crippen molar-refractivity contribution in [2.75, 3.05) is 12.4 Å². The molecular formula is C10H11Br2N5O. The highest BCUT2D eigenvalue weighted by atomic mass is 79.9. The molecule has 0 atom stereocenters. The Bertz CT molecular complexity index is 557. The molecule has 0 unspecified atom stereocenters. The van der Waals surface area contributed by atoms with Crippen molar-refractivity contribution in [2.24, 2.45) is 7.05 Å². The highest BCUT2D eigenvalue weighted by molar-refractivity contribution is 9.11. The second-order valence-electron chi connectivity index (χ2n) is 3.56. The molecule has 0 amide bonds. The molecule has 8 heteroatoms. The van der Waals surface area contributed by atoms with Gasteiger partial charge >= 0.3 is 0 Å². The molecule has 0 aliphatic carbocycles. The van der Waals surface area contributed by atoms with Crippen molar-refractivity contribution in [2.45, 2.75) is 6.54 Å². The summed E-state index contributed by atoms with van der Waals surface area (Å²) in [4.78, 5) is 0. The molecule has 0 aliphatic heterocycles. The summed E-state index contributed by atoms with van der Waals surface area (Å²) in [5.41, 5.74) is 1.00. The number of rotatable bonds is 4. The maximum Gasteiger partial charge on any atom is 0.242 e. The Kier molecular flexibility index (Phi) is 4.18. The number of tetrazole rings is 1. The van der Waals surface area contributed by atoms with E-state index in [4.69, 9.17) is 4.74 Å². The van der Waals surface area contributed by atoms with Gasteiger partial charge in [0.25, 0.3) is 0 Å². The first-order valence-electron chi connectivity index (χ1n) is 5.10. The second-order valence-corrected chi connectivity index (χ2v) is 5.33. The lowest BCUT2D eigenvalue weighted by molar-refractivity contribution is 0.407. The van der Waals surface area contributed by atoms with E-state index in [1.165, 1.54) is 0 Å². The number of ether oxygens (including phenoxy) is 1. The highest BCUT2D eigenvalue weighted by Crippen LogP contribution is 2.32. The Balaban J connectivity index is 2.21. The van der Waals surface area contributed by atoms with Crippen LogP contribution < -0.4 is 10.1 Å². The van der Waals surface area contributed by atoms with Crippen LogP contribution in [0.25, 0.3) is 0 Å². The van der Waals surface area contributed by atoms with Gasteiger partial charge in [-0.05, 0) is 38.5 Å². The summed E-state index contributed by atoms with van der Waals surface area (Å²) in [6.45, 7) is 0.565. The summed E-state index contributed by atoms with van der Waals surface area (Å²) < 4.78 is 8.80. The summed E-state index contributed by atoms with van der Waals surface area (Å²) in [6.07, 6.45) is 0. The minimum atomic E-state index is 0.565. The zero-order chi connectivity index (χ0) is 13.1. The molecule has 2 aromatic rings. The van der Waals surface area contributed by atoms with Crippen LogP contribution in [0, 0.1) is 0 Å². The van der Waals surface area contributed by atoms with Gasteiger partial charge in [-0.2, -0.15) is 0 Å². The molecule has 1 heterocycles. The van der Waals surface area contributed by atoms with E-state index >= 15 is 0 Å². The normalized spacial score (nSPS) is 10.4. The minimum Gasteiger partial charge on any atom is -0.495 e. The Labute approximate surface area is 121 Å². The summed E-state index contributed by atoms with van der Waals surface area (Å²) in [7, 11) is 3.41. The molecule has 2 rings (SSSR count). The van der Waals surface area contributed by atoms with Crippen molar-refractivity contribution < 1.29 is 4.74 Å². The predicted molar refractivity (Wildman–Crippen MR) is 74.5 cm³/mol. The molecule has 18 heavy (non-hydrogen) atoms. The number of hydrogen-bond donors (Lipinski definition) is 1. The number of halogens is 2. The Morgan fingerprint density at radius 3 is 2.78 bits per heavy atom. The smallest absolute Gasteiger partial charge is 0.242 e. The molecule has 1 N–H and O–H groups in total. The average Bonchev–Trinajstić information content (AvgIpc) is 2.71. The van der Waals surface area contributed by atoms with Gasteiger partial charge in [-0.15, -0.1) is 0 Å². The quantitative estimate of drug-likeness (QED) is 0.887. The summed E-state index contributed by atoms with van der Waals surface area (Å²) in [5.74, 6) is 1.40. The fraction of sp³-hybridized carbons (Fsp3) is 0.300. The Morgan fingerprint density at radius 1 is 1.39 bits per heavy atom. The van der Waals surface area contributed by atoms with Gasteiger partial charge in [0, 0.05) is 23.6 Å². The molecular weight excluding hydrogens is 366 g/mol. The third-order valence-electron chi connectivity index (χ3n) is 2.35. The van der Waals surface area contributed by atoms with Crippen LogP contribution in [-0.2, 0) is 13.6 Å². The van der Waals surface area contributed by atoms with Gasteiger partial charge in [-0.25, -0.2) is 4.68 Å². The van der Waals surface area contributed by atoms with Crippen LogP contribution in [0.2, 0.25) is 0 Å². The Morgan fingerprint density at radius 2 is 2.17 bits per heavy atom. The van der Waals surface area contributed by atoms with Gasteiger partial charge in [0.05, 0.1) is 11.6 Å². The fourth-order valence-electron chi connectivity index (χ4n) is 1.53. The molecule has 6 nitrogen and oxygen atoms in total. The number of nitrogens with one attached hydrogen (secondary N) is 1. The number of benzene rings is 1. The number of methoxy groups -OCH3 is 1.